The molecule has 1 aliphatic heterocycles. The lowest BCUT2D eigenvalue weighted by Crippen LogP contribution is -2.50. The molecule has 2 heterocycles. The summed E-state index contributed by atoms with van der Waals surface area (Å²) in [7, 11) is 1.63. The number of nitrogens with zero attached hydrogens (tertiary/aromatic N) is 1. The van der Waals surface area contributed by atoms with Crippen LogP contribution in [0.2, 0.25) is 0 Å². The Morgan fingerprint density at radius 1 is 1.10 bits per heavy atom. The van der Waals surface area contributed by atoms with E-state index >= 15 is 0 Å². The summed E-state index contributed by atoms with van der Waals surface area (Å²) in [6, 6.07) is 18.0. The third-order valence-corrected chi connectivity index (χ3v) is 5.05. The number of ether oxygens (including phenoxy) is 1. The van der Waals surface area contributed by atoms with E-state index < -0.39 is 6.04 Å². The van der Waals surface area contributed by atoms with E-state index in [-0.39, 0.29) is 17.6 Å². The van der Waals surface area contributed by atoms with Gasteiger partial charge in [-0.25, -0.2) is 0 Å². The van der Waals surface area contributed by atoms with Crippen LogP contribution in [0, 0.1) is 0 Å². The van der Waals surface area contributed by atoms with Crippen LogP contribution in [0.15, 0.2) is 71.3 Å². The van der Waals surface area contributed by atoms with Gasteiger partial charge in [-0.05, 0) is 41.0 Å². The zero-order valence-electron chi connectivity index (χ0n) is 16.1. The number of nitrogens with one attached hydrogen (secondary N) is 1. The number of methoxy groups -OCH3 is 1. The number of hydrogen-bond donors (Lipinski definition) is 1. The van der Waals surface area contributed by atoms with Gasteiger partial charge in [-0.1, -0.05) is 36.4 Å². The predicted octanol–water partition coefficient (Wildman–Crippen LogP) is 3.63. The van der Waals surface area contributed by atoms with Crippen LogP contribution in [0.3, 0.4) is 0 Å². The van der Waals surface area contributed by atoms with Gasteiger partial charge in [0, 0.05) is 25.8 Å². The molecule has 0 saturated heterocycles. The van der Waals surface area contributed by atoms with E-state index in [2.05, 4.69) is 5.32 Å². The molecule has 0 bridgehead atoms. The lowest BCUT2D eigenvalue weighted by Gasteiger charge is -2.35. The highest BCUT2D eigenvalue weighted by molar-refractivity contribution is 6.00. The molecule has 4 rings (SSSR count). The normalized spacial score (nSPS) is 15.6. The van der Waals surface area contributed by atoms with Crippen molar-refractivity contribution in [2.75, 3.05) is 12.4 Å². The average molecular weight is 390 g/mol. The Kier molecular flexibility index (Phi) is 5.44. The molecule has 29 heavy (non-hydrogen) atoms. The Labute approximate surface area is 169 Å². The minimum atomic E-state index is -0.631. The van der Waals surface area contributed by atoms with E-state index in [1.165, 1.54) is 6.26 Å². The van der Waals surface area contributed by atoms with E-state index in [9.17, 15) is 9.59 Å². The fraction of sp³-hybridized carbons (Fsp3) is 0.217. The number of benzene rings is 2. The Morgan fingerprint density at radius 2 is 1.93 bits per heavy atom. The molecule has 0 saturated carbocycles. The summed E-state index contributed by atoms with van der Waals surface area (Å²) < 4.78 is 10.4. The van der Waals surface area contributed by atoms with Gasteiger partial charge in [0.25, 0.3) is 5.91 Å². The van der Waals surface area contributed by atoms with Gasteiger partial charge in [-0.15, -0.1) is 0 Å². The minimum absolute atomic E-state index is 0.226. The third-order valence-electron chi connectivity index (χ3n) is 5.05. The van der Waals surface area contributed by atoms with E-state index in [0.29, 0.717) is 25.3 Å². The van der Waals surface area contributed by atoms with Crippen molar-refractivity contribution in [3.63, 3.8) is 0 Å². The summed E-state index contributed by atoms with van der Waals surface area (Å²) in [6.45, 7) is 0.821. The molecule has 1 N–H and O–H groups in total. The van der Waals surface area contributed by atoms with Crippen LogP contribution >= 0.6 is 0 Å². The molecule has 1 atom stereocenters. The van der Waals surface area contributed by atoms with Gasteiger partial charge in [0.2, 0.25) is 5.91 Å². The van der Waals surface area contributed by atoms with Crippen molar-refractivity contribution in [3.05, 3.63) is 89.4 Å². The number of fused-ring (bicyclic) bond motifs is 1. The summed E-state index contributed by atoms with van der Waals surface area (Å²) in [5, 5.41) is 2.95. The van der Waals surface area contributed by atoms with Crippen LogP contribution in [0.1, 0.15) is 27.2 Å². The van der Waals surface area contributed by atoms with Gasteiger partial charge in [0.1, 0.15) is 6.04 Å². The van der Waals surface area contributed by atoms with Crippen LogP contribution in [0.4, 0.5) is 5.69 Å². The highest BCUT2D eigenvalue weighted by Crippen LogP contribution is 2.26. The molecular formula is C23H22N2O4. The van der Waals surface area contributed by atoms with Crippen LogP contribution in [0.5, 0.6) is 0 Å². The molecule has 1 unspecified atom stereocenters. The van der Waals surface area contributed by atoms with Crippen LogP contribution in [0.25, 0.3) is 0 Å². The number of anilines is 1. The van der Waals surface area contributed by atoms with Gasteiger partial charge in [0.05, 0.1) is 12.9 Å². The first kappa shape index (κ1) is 19.0. The van der Waals surface area contributed by atoms with Crippen molar-refractivity contribution in [3.8, 4) is 0 Å². The second-order valence-electron chi connectivity index (χ2n) is 7.02. The highest BCUT2D eigenvalue weighted by atomic mass is 16.5. The second-order valence-corrected chi connectivity index (χ2v) is 7.02. The summed E-state index contributed by atoms with van der Waals surface area (Å²) in [6.07, 6.45) is 1.91. The third kappa shape index (κ3) is 4.07. The molecule has 0 radical (unpaired) electrons. The standard InChI is InChI=1S/C23H22N2O4/c1-28-15-16-6-4-9-19(12-16)24-22(26)20-13-17-7-2-3-8-18(17)14-25(20)23(27)21-10-5-11-29-21/h2-12,20H,13-15H2,1H3,(H,24,26). The molecule has 0 fully saturated rings. The average Bonchev–Trinajstić information content (AvgIpc) is 3.28. The maximum absolute atomic E-state index is 13.2. The molecule has 2 aromatic carbocycles. The maximum atomic E-state index is 13.2. The zero-order valence-corrected chi connectivity index (χ0v) is 16.1. The minimum Gasteiger partial charge on any atom is -0.459 e. The summed E-state index contributed by atoms with van der Waals surface area (Å²) >= 11 is 0. The molecule has 148 valence electrons. The quantitative estimate of drug-likeness (QED) is 0.722. The first-order valence-corrected chi connectivity index (χ1v) is 9.45. The van der Waals surface area contributed by atoms with E-state index in [1.807, 2.05) is 48.5 Å². The zero-order chi connectivity index (χ0) is 20.2. The highest BCUT2D eigenvalue weighted by Gasteiger charge is 2.36. The molecule has 6 heteroatoms. The number of hydrogen-bond acceptors (Lipinski definition) is 4. The Morgan fingerprint density at radius 3 is 2.69 bits per heavy atom. The predicted molar refractivity (Wildman–Crippen MR) is 108 cm³/mol. The van der Waals surface area contributed by atoms with E-state index in [4.69, 9.17) is 9.15 Å². The molecule has 6 nitrogen and oxygen atoms in total. The van der Waals surface area contributed by atoms with Crippen molar-refractivity contribution in [1.29, 1.82) is 0 Å². The van der Waals surface area contributed by atoms with Crippen molar-refractivity contribution >= 4 is 17.5 Å². The van der Waals surface area contributed by atoms with Gasteiger partial charge in [0.15, 0.2) is 5.76 Å². The lowest BCUT2D eigenvalue weighted by molar-refractivity contribution is -0.121. The molecule has 0 spiro atoms. The number of amides is 2. The number of carbonyl (C=O) groups excluding carboxylic acids is 2. The topological polar surface area (TPSA) is 71.8 Å². The van der Waals surface area contributed by atoms with Gasteiger partial charge >= 0.3 is 0 Å². The Hall–Kier alpha value is -3.38. The monoisotopic (exact) mass is 390 g/mol. The van der Waals surface area contributed by atoms with Gasteiger partial charge in [-0.3, -0.25) is 9.59 Å². The van der Waals surface area contributed by atoms with Crippen molar-refractivity contribution in [2.24, 2.45) is 0 Å². The van der Waals surface area contributed by atoms with E-state index in [0.717, 1.165) is 16.7 Å². The van der Waals surface area contributed by atoms with Crippen molar-refractivity contribution < 1.29 is 18.7 Å². The number of furan rings is 1. The number of carbonyl (C=O) groups is 2. The molecule has 1 aromatic heterocycles. The fourth-order valence-corrected chi connectivity index (χ4v) is 3.64. The van der Waals surface area contributed by atoms with Crippen LogP contribution < -0.4 is 5.32 Å². The summed E-state index contributed by atoms with van der Waals surface area (Å²) in [5.74, 6) is -0.295. The number of rotatable bonds is 5. The lowest BCUT2D eigenvalue weighted by atomic mass is 9.93. The van der Waals surface area contributed by atoms with Crippen molar-refractivity contribution in [2.45, 2.75) is 25.6 Å². The molecule has 1 aliphatic rings. The fourth-order valence-electron chi connectivity index (χ4n) is 3.64. The van der Waals surface area contributed by atoms with Crippen molar-refractivity contribution in [1.82, 2.24) is 4.90 Å². The Bertz CT molecular complexity index is 1010. The largest absolute Gasteiger partial charge is 0.459 e. The first-order chi connectivity index (χ1) is 14.2. The summed E-state index contributed by atoms with van der Waals surface area (Å²) in [5.41, 5.74) is 3.75. The smallest absolute Gasteiger partial charge is 0.290 e. The summed E-state index contributed by atoms with van der Waals surface area (Å²) in [4.78, 5) is 27.8. The van der Waals surface area contributed by atoms with Crippen LogP contribution in [-0.4, -0.2) is 29.9 Å². The maximum Gasteiger partial charge on any atom is 0.290 e. The van der Waals surface area contributed by atoms with Gasteiger partial charge in [-0.2, -0.15) is 0 Å². The first-order valence-electron chi connectivity index (χ1n) is 9.45. The van der Waals surface area contributed by atoms with Crippen LogP contribution in [-0.2, 0) is 29.1 Å². The second kappa shape index (κ2) is 8.32. The molecule has 3 aromatic rings. The SMILES string of the molecule is COCc1cccc(NC(=O)C2Cc3ccccc3CN2C(=O)c2ccco2)c1. The molecule has 0 aliphatic carbocycles. The van der Waals surface area contributed by atoms with Gasteiger partial charge < -0.3 is 19.4 Å². The molecule has 2 amide bonds. The molecular weight excluding hydrogens is 368 g/mol. The van der Waals surface area contributed by atoms with E-state index in [1.54, 1.807) is 24.1 Å². The Balaban J connectivity index is 1.60.